The van der Waals surface area contributed by atoms with E-state index in [-0.39, 0.29) is 30.0 Å². The van der Waals surface area contributed by atoms with Crippen LogP contribution in [0.25, 0.3) is 0 Å². The summed E-state index contributed by atoms with van der Waals surface area (Å²) in [5, 5.41) is 13.5. The van der Waals surface area contributed by atoms with Gasteiger partial charge >= 0.3 is 5.69 Å². The zero-order chi connectivity index (χ0) is 14.3. The van der Waals surface area contributed by atoms with Crippen molar-refractivity contribution in [1.82, 2.24) is 5.32 Å². The maximum Gasteiger partial charge on any atom is 0.310 e. The molecule has 0 radical (unpaired) electrons. The summed E-state index contributed by atoms with van der Waals surface area (Å²) in [6.45, 7) is 3.72. The first-order chi connectivity index (χ1) is 9.04. The van der Waals surface area contributed by atoms with Crippen LogP contribution in [0.3, 0.4) is 0 Å². The van der Waals surface area contributed by atoms with Gasteiger partial charge in [0.25, 0.3) is 5.91 Å². The molecular formula is C13H18N2O4. The number of nitro groups is 1. The third-order valence-electron chi connectivity index (χ3n) is 2.55. The van der Waals surface area contributed by atoms with E-state index < -0.39 is 4.92 Å². The number of nitro benzene ring substituents is 1. The predicted octanol–water partition coefficient (Wildman–Crippen LogP) is 2.28. The Hall–Kier alpha value is -2.11. The van der Waals surface area contributed by atoms with Crippen molar-refractivity contribution in [3.8, 4) is 5.75 Å². The molecule has 0 bridgehead atoms. The summed E-state index contributed by atoms with van der Waals surface area (Å²) in [6.07, 6.45) is 1.86. The fraction of sp³-hybridized carbons (Fsp3) is 0.462. The van der Waals surface area contributed by atoms with Crippen LogP contribution in [0.15, 0.2) is 24.3 Å². The Morgan fingerprint density at radius 1 is 1.47 bits per heavy atom. The number of carbonyl (C=O) groups excluding carboxylic acids is 1. The maximum atomic E-state index is 11.6. The number of rotatable bonds is 7. The van der Waals surface area contributed by atoms with Gasteiger partial charge in [0.05, 0.1) is 4.92 Å². The molecule has 1 rings (SSSR count). The Kier molecular flexibility index (Phi) is 5.78. The number of amides is 1. The zero-order valence-corrected chi connectivity index (χ0v) is 11.1. The van der Waals surface area contributed by atoms with E-state index in [1.807, 2.05) is 13.8 Å². The van der Waals surface area contributed by atoms with Crippen molar-refractivity contribution in [3.05, 3.63) is 34.4 Å². The fourth-order valence-electron chi connectivity index (χ4n) is 1.70. The number of ether oxygens (including phenoxy) is 1. The van der Waals surface area contributed by atoms with E-state index in [4.69, 9.17) is 4.74 Å². The van der Waals surface area contributed by atoms with Crippen molar-refractivity contribution < 1.29 is 14.5 Å². The van der Waals surface area contributed by atoms with E-state index in [9.17, 15) is 14.9 Å². The molecule has 6 nitrogen and oxygen atoms in total. The highest BCUT2D eigenvalue weighted by atomic mass is 16.6. The van der Waals surface area contributed by atoms with Crippen molar-refractivity contribution >= 4 is 11.6 Å². The standard InChI is InChI=1S/C13H18N2O4/c1-3-6-10(2)14-13(16)9-19-12-8-5-4-7-11(12)15(17)18/h4-5,7-8,10H,3,6,9H2,1-2H3,(H,14,16)/t10-/m1/s1. The minimum Gasteiger partial charge on any atom is -0.477 e. The molecule has 1 N–H and O–H groups in total. The van der Waals surface area contributed by atoms with Crippen LogP contribution >= 0.6 is 0 Å². The quantitative estimate of drug-likeness (QED) is 0.606. The lowest BCUT2D eigenvalue weighted by atomic mass is 10.2. The van der Waals surface area contributed by atoms with Crippen LogP contribution in [0.2, 0.25) is 0 Å². The van der Waals surface area contributed by atoms with Gasteiger partial charge in [0.15, 0.2) is 12.4 Å². The summed E-state index contributed by atoms with van der Waals surface area (Å²) in [7, 11) is 0. The Balaban J connectivity index is 2.53. The van der Waals surface area contributed by atoms with Crippen LogP contribution in [0, 0.1) is 10.1 Å². The highest BCUT2D eigenvalue weighted by Crippen LogP contribution is 2.25. The lowest BCUT2D eigenvalue weighted by Crippen LogP contribution is -2.36. The normalized spacial score (nSPS) is 11.7. The minimum atomic E-state index is -0.535. The van der Waals surface area contributed by atoms with Crippen molar-refractivity contribution in [2.75, 3.05) is 6.61 Å². The van der Waals surface area contributed by atoms with E-state index in [0.29, 0.717) is 0 Å². The maximum absolute atomic E-state index is 11.6. The molecule has 0 saturated heterocycles. The van der Waals surface area contributed by atoms with Crippen molar-refractivity contribution in [2.45, 2.75) is 32.7 Å². The van der Waals surface area contributed by atoms with Gasteiger partial charge in [0, 0.05) is 12.1 Å². The number of hydrogen-bond acceptors (Lipinski definition) is 4. The molecule has 0 saturated carbocycles. The van der Waals surface area contributed by atoms with Crippen molar-refractivity contribution in [3.63, 3.8) is 0 Å². The first kappa shape index (κ1) is 14.9. The summed E-state index contributed by atoms with van der Waals surface area (Å²) in [5.74, 6) is -0.176. The van der Waals surface area contributed by atoms with Gasteiger partial charge in [0.1, 0.15) is 0 Å². The number of hydrogen-bond donors (Lipinski definition) is 1. The molecule has 6 heteroatoms. The topological polar surface area (TPSA) is 81.5 Å². The molecule has 19 heavy (non-hydrogen) atoms. The monoisotopic (exact) mass is 266 g/mol. The van der Waals surface area contributed by atoms with Gasteiger partial charge in [-0.2, -0.15) is 0 Å². The molecule has 1 aromatic rings. The minimum absolute atomic E-state index is 0.0758. The van der Waals surface area contributed by atoms with E-state index in [0.717, 1.165) is 12.8 Å². The molecule has 0 aliphatic heterocycles. The van der Waals surface area contributed by atoms with Crippen LogP contribution in [-0.2, 0) is 4.79 Å². The van der Waals surface area contributed by atoms with Crippen LogP contribution in [0.1, 0.15) is 26.7 Å². The Morgan fingerprint density at radius 2 is 2.16 bits per heavy atom. The Labute approximate surface area is 111 Å². The van der Waals surface area contributed by atoms with E-state index >= 15 is 0 Å². The second-order valence-electron chi connectivity index (χ2n) is 4.27. The van der Waals surface area contributed by atoms with Gasteiger partial charge in [-0.25, -0.2) is 0 Å². The van der Waals surface area contributed by atoms with Gasteiger partial charge in [-0.3, -0.25) is 14.9 Å². The van der Waals surface area contributed by atoms with Gasteiger partial charge < -0.3 is 10.1 Å². The fourth-order valence-corrected chi connectivity index (χ4v) is 1.70. The number of carbonyl (C=O) groups is 1. The average Bonchev–Trinajstić information content (AvgIpc) is 2.36. The molecule has 0 unspecified atom stereocenters. The Bertz CT molecular complexity index is 448. The average molecular weight is 266 g/mol. The highest BCUT2D eigenvalue weighted by molar-refractivity contribution is 5.77. The zero-order valence-electron chi connectivity index (χ0n) is 11.1. The number of nitrogens with one attached hydrogen (secondary N) is 1. The molecule has 1 atom stereocenters. The predicted molar refractivity (Wildman–Crippen MR) is 71.1 cm³/mol. The SMILES string of the molecule is CCC[C@@H](C)NC(=O)COc1ccccc1[N+](=O)[O-]. The largest absolute Gasteiger partial charge is 0.477 e. The molecule has 0 aromatic heterocycles. The molecule has 0 spiro atoms. The van der Waals surface area contributed by atoms with Gasteiger partial charge in [-0.15, -0.1) is 0 Å². The third kappa shape index (κ3) is 4.95. The summed E-state index contributed by atoms with van der Waals surface area (Å²) >= 11 is 0. The van der Waals surface area contributed by atoms with Crippen LogP contribution in [0.5, 0.6) is 5.75 Å². The van der Waals surface area contributed by atoms with Crippen LogP contribution in [-0.4, -0.2) is 23.5 Å². The smallest absolute Gasteiger partial charge is 0.310 e. The lowest BCUT2D eigenvalue weighted by molar-refractivity contribution is -0.385. The summed E-state index contributed by atoms with van der Waals surface area (Å²) in [5.41, 5.74) is -0.142. The molecule has 1 aromatic carbocycles. The van der Waals surface area contributed by atoms with E-state index in [1.54, 1.807) is 12.1 Å². The van der Waals surface area contributed by atoms with Gasteiger partial charge in [0.2, 0.25) is 0 Å². The molecule has 104 valence electrons. The first-order valence-corrected chi connectivity index (χ1v) is 6.20. The van der Waals surface area contributed by atoms with Crippen LogP contribution < -0.4 is 10.1 Å². The summed E-state index contributed by atoms with van der Waals surface area (Å²) in [6, 6.07) is 6.06. The van der Waals surface area contributed by atoms with Gasteiger partial charge in [-0.05, 0) is 19.4 Å². The number of para-hydroxylation sites is 2. The van der Waals surface area contributed by atoms with Crippen molar-refractivity contribution in [1.29, 1.82) is 0 Å². The molecule has 1 amide bonds. The molecule has 0 heterocycles. The second kappa shape index (κ2) is 7.35. The van der Waals surface area contributed by atoms with Crippen molar-refractivity contribution in [2.24, 2.45) is 0 Å². The summed E-state index contributed by atoms with van der Waals surface area (Å²) in [4.78, 5) is 21.8. The van der Waals surface area contributed by atoms with E-state index in [2.05, 4.69) is 5.32 Å². The molecule has 0 fully saturated rings. The van der Waals surface area contributed by atoms with Gasteiger partial charge in [-0.1, -0.05) is 25.5 Å². The molecule has 0 aliphatic carbocycles. The Morgan fingerprint density at radius 3 is 2.79 bits per heavy atom. The molecule has 0 aliphatic rings. The molecular weight excluding hydrogens is 248 g/mol. The second-order valence-corrected chi connectivity index (χ2v) is 4.27. The van der Waals surface area contributed by atoms with Crippen LogP contribution in [0.4, 0.5) is 5.69 Å². The van der Waals surface area contributed by atoms with E-state index in [1.165, 1.54) is 12.1 Å². The summed E-state index contributed by atoms with van der Waals surface area (Å²) < 4.78 is 5.19. The lowest BCUT2D eigenvalue weighted by Gasteiger charge is -2.13. The number of nitrogens with zero attached hydrogens (tertiary/aromatic N) is 1. The number of benzene rings is 1. The first-order valence-electron chi connectivity index (χ1n) is 6.20. The third-order valence-corrected chi connectivity index (χ3v) is 2.55. The highest BCUT2D eigenvalue weighted by Gasteiger charge is 2.15.